The highest BCUT2D eigenvalue weighted by Gasteiger charge is 2.32. The van der Waals surface area contributed by atoms with Crippen LogP contribution in [0.5, 0.6) is 0 Å². The molecule has 1 rings (SSSR count). The molecule has 0 spiro atoms. The van der Waals surface area contributed by atoms with Gasteiger partial charge in [0.2, 0.25) is 15.9 Å². The molecule has 0 aliphatic carbocycles. The van der Waals surface area contributed by atoms with E-state index in [9.17, 15) is 18.0 Å². The molecule has 0 unspecified atom stereocenters. The topological polar surface area (TPSA) is 127 Å². The number of hydrogen-bond acceptors (Lipinski definition) is 4. The quantitative estimate of drug-likeness (QED) is 0.717. The van der Waals surface area contributed by atoms with E-state index in [0.717, 1.165) is 0 Å². The average Bonchev–Trinajstić information content (AvgIpc) is 2.26. The number of amides is 1. The molecule has 0 aliphatic rings. The van der Waals surface area contributed by atoms with Crippen molar-refractivity contribution in [3.8, 4) is 0 Å². The molecule has 0 aromatic heterocycles. The van der Waals surface area contributed by atoms with Gasteiger partial charge in [-0.25, -0.2) is 13.2 Å². The first-order valence-electron chi connectivity index (χ1n) is 5.66. The second kappa shape index (κ2) is 5.22. The van der Waals surface area contributed by atoms with E-state index in [1.807, 2.05) is 0 Å². The van der Waals surface area contributed by atoms with Crippen LogP contribution in [0.3, 0.4) is 0 Å². The largest absolute Gasteiger partial charge is 0.478 e. The van der Waals surface area contributed by atoms with Crippen molar-refractivity contribution in [1.82, 2.24) is 4.72 Å². The zero-order chi connectivity index (χ0) is 15.7. The first kappa shape index (κ1) is 16.1. The van der Waals surface area contributed by atoms with Gasteiger partial charge in [-0.05, 0) is 38.5 Å². The minimum absolute atomic E-state index is 0.0905. The van der Waals surface area contributed by atoms with Crippen LogP contribution >= 0.6 is 0 Å². The number of nitrogens with one attached hydrogen (secondary N) is 1. The highest BCUT2D eigenvalue weighted by atomic mass is 32.2. The first-order chi connectivity index (χ1) is 8.99. The van der Waals surface area contributed by atoms with Gasteiger partial charge in [-0.1, -0.05) is 6.07 Å². The van der Waals surface area contributed by atoms with Gasteiger partial charge in [0, 0.05) is 0 Å². The molecule has 1 aromatic carbocycles. The SMILES string of the molecule is Cc1c(C(=O)O)cccc1S(=O)(=O)NC(C)(C)C(N)=O. The highest BCUT2D eigenvalue weighted by molar-refractivity contribution is 7.89. The van der Waals surface area contributed by atoms with Gasteiger partial charge in [0.25, 0.3) is 0 Å². The van der Waals surface area contributed by atoms with E-state index in [2.05, 4.69) is 4.72 Å². The molecule has 0 bridgehead atoms. The van der Waals surface area contributed by atoms with Crippen LogP contribution in [0.1, 0.15) is 29.8 Å². The van der Waals surface area contributed by atoms with Crippen molar-refractivity contribution in [2.24, 2.45) is 5.73 Å². The normalized spacial score (nSPS) is 12.2. The molecule has 0 fully saturated rings. The van der Waals surface area contributed by atoms with E-state index in [1.54, 1.807) is 0 Å². The number of rotatable bonds is 5. The van der Waals surface area contributed by atoms with Crippen LogP contribution in [-0.2, 0) is 14.8 Å². The summed E-state index contributed by atoms with van der Waals surface area (Å²) in [5.74, 6) is -2.07. The van der Waals surface area contributed by atoms with Gasteiger partial charge in [-0.3, -0.25) is 4.79 Å². The average molecular weight is 300 g/mol. The van der Waals surface area contributed by atoms with Crippen LogP contribution in [0.4, 0.5) is 0 Å². The number of carboxylic acid groups (broad SMARTS) is 1. The van der Waals surface area contributed by atoms with Crippen molar-refractivity contribution in [2.45, 2.75) is 31.2 Å². The molecule has 4 N–H and O–H groups in total. The summed E-state index contributed by atoms with van der Waals surface area (Å²) in [6.07, 6.45) is 0. The zero-order valence-electron chi connectivity index (χ0n) is 11.3. The van der Waals surface area contributed by atoms with E-state index < -0.39 is 27.4 Å². The highest BCUT2D eigenvalue weighted by Crippen LogP contribution is 2.20. The third kappa shape index (κ3) is 3.14. The van der Waals surface area contributed by atoms with Crippen LogP contribution in [0.2, 0.25) is 0 Å². The molecule has 0 aliphatic heterocycles. The van der Waals surface area contributed by atoms with Crippen LogP contribution in [0.15, 0.2) is 23.1 Å². The molecule has 0 atom stereocenters. The fraction of sp³-hybridized carbons (Fsp3) is 0.333. The summed E-state index contributed by atoms with van der Waals surface area (Å²) in [6, 6.07) is 3.89. The van der Waals surface area contributed by atoms with Crippen LogP contribution in [0.25, 0.3) is 0 Å². The van der Waals surface area contributed by atoms with Crippen molar-refractivity contribution < 1.29 is 23.1 Å². The standard InChI is InChI=1S/C12H16N2O5S/c1-7-8(10(15)16)5-4-6-9(7)20(18,19)14-12(2,3)11(13)17/h4-6,14H,1-3H3,(H2,13,17)(H,15,16). The lowest BCUT2D eigenvalue weighted by atomic mass is 10.1. The Morgan fingerprint density at radius 2 is 1.85 bits per heavy atom. The maximum absolute atomic E-state index is 12.2. The third-order valence-electron chi connectivity index (χ3n) is 2.81. The second-order valence-corrected chi connectivity index (χ2v) is 6.48. The molecule has 0 heterocycles. The monoisotopic (exact) mass is 300 g/mol. The Balaban J connectivity index is 3.34. The first-order valence-corrected chi connectivity index (χ1v) is 7.14. The molecule has 110 valence electrons. The van der Waals surface area contributed by atoms with E-state index >= 15 is 0 Å². The number of sulfonamides is 1. The summed E-state index contributed by atoms with van der Waals surface area (Å²) < 4.78 is 26.6. The number of hydrogen-bond donors (Lipinski definition) is 3. The summed E-state index contributed by atoms with van der Waals surface area (Å²) in [7, 11) is -4.06. The third-order valence-corrected chi connectivity index (χ3v) is 4.61. The van der Waals surface area contributed by atoms with Crippen molar-refractivity contribution >= 4 is 21.9 Å². The van der Waals surface area contributed by atoms with E-state index in [0.29, 0.717) is 0 Å². The van der Waals surface area contributed by atoms with Gasteiger partial charge in [-0.15, -0.1) is 0 Å². The van der Waals surface area contributed by atoms with Crippen molar-refractivity contribution in [2.75, 3.05) is 0 Å². The summed E-state index contributed by atoms with van der Waals surface area (Å²) in [5.41, 5.74) is 3.60. The Morgan fingerprint density at radius 3 is 2.30 bits per heavy atom. The molecule has 1 amide bonds. The molecule has 1 aromatic rings. The van der Waals surface area contributed by atoms with Crippen molar-refractivity contribution in [1.29, 1.82) is 0 Å². The Labute approximate surface area is 116 Å². The summed E-state index contributed by atoms with van der Waals surface area (Å²) >= 11 is 0. The van der Waals surface area contributed by atoms with Gasteiger partial charge >= 0.3 is 5.97 Å². The fourth-order valence-electron chi connectivity index (χ4n) is 1.58. The Kier molecular flexibility index (Phi) is 4.21. The predicted octanol–water partition coefficient (Wildman–Crippen LogP) is 0.235. The molecule has 20 heavy (non-hydrogen) atoms. The zero-order valence-corrected chi connectivity index (χ0v) is 12.1. The van der Waals surface area contributed by atoms with E-state index in [1.165, 1.54) is 39.0 Å². The minimum Gasteiger partial charge on any atom is -0.478 e. The van der Waals surface area contributed by atoms with E-state index in [-0.39, 0.29) is 16.0 Å². The van der Waals surface area contributed by atoms with Crippen molar-refractivity contribution in [3.05, 3.63) is 29.3 Å². The van der Waals surface area contributed by atoms with Crippen molar-refractivity contribution in [3.63, 3.8) is 0 Å². The van der Waals surface area contributed by atoms with Crippen LogP contribution < -0.4 is 10.5 Å². The van der Waals surface area contributed by atoms with Crippen LogP contribution in [-0.4, -0.2) is 30.9 Å². The van der Waals surface area contributed by atoms with Gasteiger partial charge in [0.15, 0.2) is 0 Å². The lowest BCUT2D eigenvalue weighted by Gasteiger charge is -2.22. The number of carbonyl (C=O) groups excluding carboxylic acids is 1. The predicted molar refractivity (Wildman–Crippen MR) is 71.7 cm³/mol. The minimum atomic E-state index is -4.06. The maximum atomic E-state index is 12.2. The van der Waals surface area contributed by atoms with Gasteiger partial charge in [0.05, 0.1) is 10.5 Å². The molecule has 0 radical (unpaired) electrons. The van der Waals surface area contributed by atoms with Crippen LogP contribution in [0, 0.1) is 6.92 Å². The maximum Gasteiger partial charge on any atom is 0.335 e. The second-order valence-electron chi connectivity index (χ2n) is 4.83. The lowest BCUT2D eigenvalue weighted by Crippen LogP contribution is -2.52. The Bertz CT molecular complexity index is 664. The molecule has 8 heteroatoms. The number of primary amides is 1. The number of carbonyl (C=O) groups is 2. The Hall–Kier alpha value is -1.93. The Morgan fingerprint density at radius 1 is 1.30 bits per heavy atom. The van der Waals surface area contributed by atoms with Gasteiger partial charge in [0.1, 0.15) is 5.54 Å². The summed E-state index contributed by atoms with van der Waals surface area (Å²) in [6.45, 7) is 4.03. The number of aromatic carboxylic acids is 1. The van der Waals surface area contributed by atoms with Gasteiger partial charge in [-0.2, -0.15) is 4.72 Å². The number of nitrogens with two attached hydrogens (primary N) is 1. The molecule has 0 saturated carbocycles. The summed E-state index contributed by atoms with van der Waals surface area (Å²) in [4.78, 5) is 22.0. The molecule has 7 nitrogen and oxygen atoms in total. The molecule has 0 saturated heterocycles. The summed E-state index contributed by atoms with van der Waals surface area (Å²) in [5, 5.41) is 8.99. The fourth-order valence-corrected chi connectivity index (χ4v) is 3.23. The lowest BCUT2D eigenvalue weighted by molar-refractivity contribution is -0.122. The smallest absolute Gasteiger partial charge is 0.335 e. The molecular weight excluding hydrogens is 284 g/mol. The molecular formula is C12H16N2O5S. The number of benzene rings is 1. The van der Waals surface area contributed by atoms with E-state index in [4.69, 9.17) is 10.8 Å². The number of carboxylic acids is 1. The van der Waals surface area contributed by atoms with Gasteiger partial charge < -0.3 is 10.8 Å².